The van der Waals surface area contributed by atoms with Crippen molar-refractivity contribution in [3.63, 3.8) is 0 Å². The molecule has 0 aliphatic carbocycles. The molecule has 3 rings (SSSR count). The van der Waals surface area contributed by atoms with E-state index in [2.05, 4.69) is 9.97 Å². The number of rotatable bonds is 1. The normalized spacial score (nSPS) is 11.9. The SMILES string of the molecule is Cc1cc2[nH]c(=O)c(=O)n(-c3cccnc3C)c2cc1C(F)(F)F. The van der Waals surface area contributed by atoms with E-state index in [1.165, 1.54) is 25.3 Å². The molecule has 2 aromatic heterocycles. The van der Waals surface area contributed by atoms with Gasteiger partial charge in [-0.05, 0) is 43.7 Å². The number of fused-ring (bicyclic) bond motifs is 1. The Kier molecular flexibility index (Phi) is 3.55. The maximum absolute atomic E-state index is 13.2. The highest BCUT2D eigenvalue weighted by Crippen LogP contribution is 2.34. The van der Waals surface area contributed by atoms with Crippen LogP contribution in [0, 0.1) is 13.8 Å². The molecule has 0 unspecified atom stereocenters. The lowest BCUT2D eigenvalue weighted by Crippen LogP contribution is -2.36. The lowest BCUT2D eigenvalue weighted by molar-refractivity contribution is -0.137. The molecule has 0 bridgehead atoms. The molecule has 0 spiro atoms. The van der Waals surface area contributed by atoms with E-state index in [0.29, 0.717) is 5.69 Å². The minimum atomic E-state index is -4.57. The number of nitrogens with one attached hydrogen (secondary N) is 1. The van der Waals surface area contributed by atoms with Crippen LogP contribution < -0.4 is 11.1 Å². The van der Waals surface area contributed by atoms with Crippen molar-refractivity contribution in [1.29, 1.82) is 0 Å². The first-order chi connectivity index (χ1) is 11.2. The second-order valence-corrected chi connectivity index (χ2v) is 5.38. The Morgan fingerprint density at radius 1 is 1.17 bits per heavy atom. The third-order valence-electron chi connectivity index (χ3n) is 3.75. The summed E-state index contributed by atoms with van der Waals surface area (Å²) in [5, 5.41) is 0. The van der Waals surface area contributed by atoms with Gasteiger partial charge in [0, 0.05) is 6.20 Å². The maximum Gasteiger partial charge on any atom is 0.416 e. The van der Waals surface area contributed by atoms with Gasteiger partial charge in [0.25, 0.3) is 0 Å². The zero-order valence-electron chi connectivity index (χ0n) is 12.7. The van der Waals surface area contributed by atoms with Gasteiger partial charge in [0.1, 0.15) is 0 Å². The molecular weight excluding hydrogens is 323 g/mol. The molecule has 0 amide bonds. The third-order valence-corrected chi connectivity index (χ3v) is 3.75. The van der Waals surface area contributed by atoms with E-state index in [9.17, 15) is 22.8 Å². The molecule has 1 aromatic carbocycles. The van der Waals surface area contributed by atoms with Crippen molar-refractivity contribution in [2.24, 2.45) is 0 Å². The van der Waals surface area contributed by atoms with Crippen LogP contribution in [0.1, 0.15) is 16.8 Å². The Bertz CT molecular complexity index is 1060. The van der Waals surface area contributed by atoms with Gasteiger partial charge in [0.15, 0.2) is 0 Å². The van der Waals surface area contributed by atoms with Gasteiger partial charge in [0.2, 0.25) is 0 Å². The molecule has 1 N–H and O–H groups in total. The predicted molar refractivity (Wildman–Crippen MR) is 82.4 cm³/mol. The molecule has 124 valence electrons. The summed E-state index contributed by atoms with van der Waals surface area (Å²) < 4.78 is 40.6. The molecule has 0 saturated heterocycles. The summed E-state index contributed by atoms with van der Waals surface area (Å²) in [5.41, 5.74) is -1.99. The number of hydrogen-bond acceptors (Lipinski definition) is 3. The molecule has 0 fully saturated rings. The van der Waals surface area contributed by atoms with Gasteiger partial charge in [-0.2, -0.15) is 13.2 Å². The highest BCUT2D eigenvalue weighted by Gasteiger charge is 2.33. The average molecular weight is 335 g/mol. The molecule has 2 heterocycles. The maximum atomic E-state index is 13.2. The van der Waals surface area contributed by atoms with Gasteiger partial charge in [-0.1, -0.05) is 0 Å². The first-order valence-corrected chi connectivity index (χ1v) is 6.99. The Hall–Kier alpha value is -2.90. The summed E-state index contributed by atoms with van der Waals surface area (Å²) in [7, 11) is 0. The van der Waals surface area contributed by atoms with Crippen LogP contribution in [-0.2, 0) is 6.18 Å². The van der Waals surface area contributed by atoms with Gasteiger partial charge in [-0.15, -0.1) is 0 Å². The highest BCUT2D eigenvalue weighted by molar-refractivity contribution is 5.78. The predicted octanol–water partition coefficient (Wildman–Crippen LogP) is 2.71. The fraction of sp³-hybridized carbons (Fsp3) is 0.188. The topological polar surface area (TPSA) is 67.8 Å². The van der Waals surface area contributed by atoms with E-state index in [4.69, 9.17) is 0 Å². The van der Waals surface area contributed by atoms with Crippen LogP contribution in [0.25, 0.3) is 16.7 Å². The minimum Gasteiger partial charge on any atom is -0.316 e. The number of H-pyrrole nitrogens is 1. The van der Waals surface area contributed by atoms with Crippen molar-refractivity contribution in [1.82, 2.24) is 14.5 Å². The van der Waals surface area contributed by atoms with Crippen molar-refractivity contribution >= 4 is 11.0 Å². The number of pyridine rings is 1. The first-order valence-electron chi connectivity index (χ1n) is 6.99. The lowest BCUT2D eigenvalue weighted by Gasteiger charge is -2.15. The Balaban J connectivity index is 2.52. The van der Waals surface area contributed by atoms with E-state index < -0.39 is 22.9 Å². The molecule has 8 heteroatoms. The highest BCUT2D eigenvalue weighted by atomic mass is 19.4. The summed E-state index contributed by atoms with van der Waals surface area (Å²) in [6, 6.07) is 5.14. The minimum absolute atomic E-state index is 0.0337. The fourth-order valence-electron chi connectivity index (χ4n) is 2.63. The van der Waals surface area contributed by atoms with E-state index in [0.717, 1.165) is 10.6 Å². The number of nitrogens with zero attached hydrogens (tertiary/aromatic N) is 2. The Morgan fingerprint density at radius 2 is 1.88 bits per heavy atom. The fourth-order valence-corrected chi connectivity index (χ4v) is 2.63. The standard InChI is InChI=1S/C16H12F3N3O2/c1-8-6-11-13(7-10(8)16(17,18)19)22(15(24)14(23)21-11)12-4-3-5-20-9(12)2/h3-7H,1-2H3,(H,21,23). The molecule has 24 heavy (non-hydrogen) atoms. The number of benzene rings is 1. The van der Waals surface area contributed by atoms with Crippen molar-refractivity contribution in [2.45, 2.75) is 20.0 Å². The number of halogens is 3. The summed E-state index contributed by atoms with van der Waals surface area (Å²) in [6.45, 7) is 2.90. The van der Waals surface area contributed by atoms with E-state index >= 15 is 0 Å². The van der Waals surface area contributed by atoms with Crippen molar-refractivity contribution in [3.05, 3.63) is 68.0 Å². The molecule has 5 nitrogen and oxygen atoms in total. The molecular formula is C16H12F3N3O2. The van der Waals surface area contributed by atoms with E-state index in [1.54, 1.807) is 13.0 Å². The average Bonchev–Trinajstić information content (AvgIpc) is 2.48. The number of aryl methyl sites for hydroxylation is 2. The van der Waals surface area contributed by atoms with Crippen LogP contribution in [0.2, 0.25) is 0 Å². The zero-order valence-corrected chi connectivity index (χ0v) is 12.7. The summed E-state index contributed by atoms with van der Waals surface area (Å²) in [5.74, 6) is 0. The second kappa shape index (κ2) is 5.33. The smallest absolute Gasteiger partial charge is 0.316 e. The zero-order chi connectivity index (χ0) is 17.6. The number of aromatic nitrogens is 3. The van der Waals surface area contributed by atoms with E-state index in [1.807, 2.05) is 0 Å². The van der Waals surface area contributed by atoms with Gasteiger partial charge in [-0.25, -0.2) is 0 Å². The summed E-state index contributed by atoms with van der Waals surface area (Å²) in [4.78, 5) is 30.5. The second-order valence-electron chi connectivity index (χ2n) is 5.38. The Labute approximate surface area is 133 Å². The number of hydrogen-bond donors (Lipinski definition) is 1. The molecule has 0 aliphatic heterocycles. The van der Waals surface area contributed by atoms with Crippen LogP contribution in [0.4, 0.5) is 13.2 Å². The van der Waals surface area contributed by atoms with Gasteiger partial charge >= 0.3 is 17.3 Å². The largest absolute Gasteiger partial charge is 0.416 e. The first kappa shape index (κ1) is 16.0. The van der Waals surface area contributed by atoms with Crippen molar-refractivity contribution < 1.29 is 13.2 Å². The van der Waals surface area contributed by atoms with Gasteiger partial charge in [0.05, 0.1) is 28.0 Å². The van der Waals surface area contributed by atoms with Gasteiger partial charge < -0.3 is 4.98 Å². The quantitative estimate of drug-likeness (QED) is 0.695. The number of alkyl halides is 3. The van der Waals surface area contributed by atoms with Crippen molar-refractivity contribution in [2.75, 3.05) is 0 Å². The van der Waals surface area contributed by atoms with Crippen LogP contribution in [-0.4, -0.2) is 14.5 Å². The van der Waals surface area contributed by atoms with Crippen LogP contribution in [0.5, 0.6) is 0 Å². The van der Waals surface area contributed by atoms with E-state index in [-0.39, 0.29) is 22.3 Å². The van der Waals surface area contributed by atoms with Crippen LogP contribution in [0.15, 0.2) is 40.1 Å². The van der Waals surface area contributed by atoms with Crippen LogP contribution in [0.3, 0.4) is 0 Å². The third kappa shape index (κ3) is 2.49. The monoisotopic (exact) mass is 335 g/mol. The number of aromatic amines is 1. The van der Waals surface area contributed by atoms with Crippen LogP contribution >= 0.6 is 0 Å². The van der Waals surface area contributed by atoms with Gasteiger partial charge in [-0.3, -0.25) is 19.1 Å². The molecule has 0 atom stereocenters. The molecule has 0 aliphatic rings. The summed E-state index contributed by atoms with van der Waals surface area (Å²) >= 11 is 0. The van der Waals surface area contributed by atoms with Crippen molar-refractivity contribution in [3.8, 4) is 5.69 Å². The Morgan fingerprint density at radius 3 is 2.50 bits per heavy atom. The molecule has 3 aromatic rings. The lowest BCUT2D eigenvalue weighted by atomic mass is 10.1. The summed E-state index contributed by atoms with van der Waals surface area (Å²) in [6.07, 6.45) is -3.08. The molecule has 0 radical (unpaired) electrons. The molecule has 0 saturated carbocycles.